The van der Waals surface area contributed by atoms with Gasteiger partial charge < -0.3 is 68.3 Å². The number of ether oxygens (including phenoxy) is 12. The Labute approximate surface area is 399 Å². The summed E-state index contributed by atoms with van der Waals surface area (Å²) in [6.07, 6.45) is -4.92. The van der Waals surface area contributed by atoms with E-state index in [0.717, 1.165) is 27.7 Å². The maximum Gasteiger partial charge on any atom is 0.306 e. The van der Waals surface area contributed by atoms with E-state index in [9.17, 15) is 47.9 Å². The number of carbonyl (C=O) groups is 10. The van der Waals surface area contributed by atoms with Gasteiger partial charge in [0.25, 0.3) is 11.8 Å². The van der Waals surface area contributed by atoms with Gasteiger partial charge in [0.1, 0.15) is 49.8 Å². The zero-order chi connectivity index (χ0) is 51.3. The topological polar surface area (TPSA) is 341 Å². The average Bonchev–Trinajstić information content (AvgIpc) is 3.81. The minimum absolute atomic E-state index is 0.000633. The predicted molar refractivity (Wildman–Crippen MR) is 224 cm³/mol. The lowest BCUT2D eigenvalue weighted by molar-refractivity contribution is -0.765. The Morgan fingerprint density at radius 1 is 0.471 bits per heavy atom. The number of rotatable bonds is 27. The Balaban J connectivity index is 1.06. The molecule has 0 aromatic carbocycles. The standard InChI is InChI=1S/C44H54N4O22/c1-25(49)65-37-31(69-43(39(37)67-27(3)51)47-13-5-7-29(21-47)41(45)57)23-63-35(55)11-9-33(53)61-19-17-59-15-16-60-18-20-62-34(54)10-12-36(56)64-24-32-38(66-26(2)50)40(68-28(4)52)44(70-32)48-14-6-8-30(22-48)42(46)58/h5-8,13-14,21-22,31-32,37-40,43-44H,9-12,15-20,23-24H2,1-4H3,(H2-2,45,46,57,58)/p+2/t31-,32-,37-,38-,39-,40-,43-,44-/m1/s1. The summed E-state index contributed by atoms with van der Waals surface area (Å²) < 4.78 is 67.7. The first kappa shape index (κ1) is 55.4. The van der Waals surface area contributed by atoms with Gasteiger partial charge in [-0.25, -0.2) is 0 Å². The molecule has 2 saturated heterocycles. The zero-order valence-corrected chi connectivity index (χ0v) is 38.8. The highest BCUT2D eigenvalue weighted by molar-refractivity contribution is 5.92. The summed E-state index contributed by atoms with van der Waals surface area (Å²) in [6.45, 7) is 3.57. The van der Waals surface area contributed by atoms with E-state index in [0.29, 0.717) is 0 Å². The van der Waals surface area contributed by atoms with E-state index in [1.165, 1.54) is 58.2 Å². The van der Waals surface area contributed by atoms with Crippen molar-refractivity contribution in [3.63, 3.8) is 0 Å². The van der Waals surface area contributed by atoms with Crippen LogP contribution in [0.15, 0.2) is 49.1 Å². The summed E-state index contributed by atoms with van der Waals surface area (Å²) in [5, 5.41) is 0. The smallest absolute Gasteiger partial charge is 0.306 e. The van der Waals surface area contributed by atoms with Crippen LogP contribution < -0.4 is 20.6 Å². The Kier molecular flexibility index (Phi) is 22.0. The number of primary amides is 2. The summed E-state index contributed by atoms with van der Waals surface area (Å²) >= 11 is 0. The molecule has 2 aromatic heterocycles. The number of nitrogens with zero attached hydrogens (tertiary/aromatic N) is 2. The Hall–Kier alpha value is -7.16. The first-order valence-corrected chi connectivity index (χ1v) is 21.7. The summed E-state index contributed by atoms with van der Waals surface area (Å²) in [6, 6.07) is 5.92. The fourth-order valence-corrected chi connectivity index (χ4v) is 6.86. The minimum atomic E-state index is -1.21. The summed E-state index contributed by atoms with van der Waals surface area (Å²) in [7, 11) is 0. The van der Waals surface area contributed by atoms with Crippen LogP contribution in [0.1, 0.15) is 86.6 Å². The van der Waals surface area contributed by atoms with Gasteiger partial charge in [0.15, 0.2) is 37.0 Å². The highest BCUT2D eigenvalue weighted by atomic mass is 16.7. The van der Waals surface area contributed by atoms with Crippen LogP contribution in [0.3, 0.4) is 0 Å². The van der Waals surface area contributed by atoms with Gasteiger partial charge in [-0.05, 0) is 12.1 Å². The van der Waals surface area contributed by atoms with E-state index in [4.69, 9.17) is 68.3 Å². The Bertz CT molecular complexity index is 2050. The monoisotopic (exact) mass is 992 g/mol. The van der Waals surface area contributed by atoms with Crippen LogP contribution in [-0.2, 0) is 95.2 Å². The molecule has 0 aliphatic carbocycles. The number of hydrogen-bond donors (Lipinski definition) is 2. The van der Waals surface area contributed by atoms with Gasteiger partial charge in [-0.1, -0.05) is 0 Å². The van der Waals surface area contributed by atoms with Gasteiger partial charge in [0, 0.05) is 39.8 Å². The molecule has 0 unspecified atom stereocenters. The molecule has 4 heterocycles. The number of amides is 2. The van der Waals surface area contributed by atoms with Crippen LogP contribution >= 0.6 is 0 Å². The lowest BCUT2D eigenvalue weighted by Crippen LogP contribution is -2.48. The molecule has 26 heteroatoms. The Morgan fingerprint density at radius 3 is 1.11 bits per heavy atom. The molecule has 4 rings (SSSR count). The van der Waals surface area contributed by atoms with Crippen LogP contribution in [-0.4, -0.2) is 149 Å². The molecule has 2 aliphatic rings. The fraction of sp³-hybridized carbons (Fsp3) is 0.545. The number of aromatic nitrogens is 2. The third kappa shape index (κ3) is 18.1. The van der Waals surface area contributed by atoms with Crippen molar-refractivity contribution in [2.75, 3.05) is 52.9 Å². The van der Waals surface area contributed by atoms with Crippen LogP contribution in [0.4, 0.5) is 0 Å². The molecule has 0 radical (unpaired) electrons. The molecule has 0 saturated carbocycles. The lowest BCUT2D eigenvalue weighted by atomic mass is 10.1. The molecule has 2 fully saturated rings. The van der Waals surface area contributed by atoms with Gasteiger partial charge >= 0.3 is 60.2 Å². The third-order valence-electron chi connectivity index (χ3n) is 9.82. The molecule has 26 nitrogen and oxygen atoms in total. The number of carbonyl (C=O) groups excluding carboxylic acids is 10. The lowest BCUT2D eigenvalue weighted by Gasteiger charge is -2.21. The second-order valence-corrected chi connectivity index (χ2v) is 15.3. The largest absolute Gasteiger partial charge is 0.463 e. The van der Waals surface area contributed by atoms with Crippen molar-refractivity contribution in [1.29, 1.82) is 0 Å². The molecule has 2 aromatic rings. The minimum Gasteiger partial charge on any atom is -0.463 e. The molecule has 4 N–H and O–H groups in total. The molecule has 8 atom stereocenters. The maximum atomic E-state index is 12.5. The highest BCUT2D eigenvalue weighted by Crippen LogP contribution is 2.33. The van der Waals surface area contributed by atoms with Crippen molar-refractivity contribution >= 4 is 59.6 Å². The van der Waals surface area contributed by atoms with E-state index < -0.39 is 122 Å². The first-order valence-electron chi connectivity index (χ1n) is 21.7. The van der Waals surface area contributed by atoms with Gasteiger partial charge in [-0.15, -0.1) is 0 Å². The van der Waals surface area contributed by atoms with E-state index in [2.05, 4.69) is 0 Å². The Morgan fingerprint density at radius 2 is 0.786 bits per heavy atom. The van der Waals surface area contributed by atoms with E-state index in [1.807, 2.05) is 0 Å². The number of hydrogen-bond acceptors (Lipinski definition) is 22. The number of pyridine rings is 2. The number of esters is 8. The summed E-state index contributed by atoms with van der Waals surface area (Å²) in [5.74, 6) is -7.41. The van der Waals surface area contributed by atoms with E-state index >= 15 is 0 Å². The molecule has 70 heavy (non-hydrogen) atoms. The molecule has 2 amide bonds. The van der Waals surface area contributed by atoms with Crippen molar-refractivity contribution in [2.24, 2.45) is 11.5 Å². The van der Waals surface area contributed by atoms with E-state index in [1.54, 1.807) is 0 Å². The van der Waals surface area contributed by atoms with Gasteiger partial charge in [0.05, 0.1) is 52.1 Å². The average molecular weight is 993 g/mol. The van der Waals surface area contributed by atoms with Crippen LogP contribution in [0.5, 0.6) is 0 Å². The summed E-state index contributed by atoms with van der Waals surface area (Å²) in [5.41, 5.74) is 11.0. The third-order valence-corrected chi connectivity index (χ3v) is 9.82. The van der Waals surface area contributed by atoms with Gasteiger partial charge in [0.2, 0.25) is 12.2 Å². The van der Waals surface area contributed by atoms with Crippen molar-refractivity contribution in [2.45, 2.75) is 102 Å². The zero-order valence-electron chi connectivity index (χ0n) is 38.8. The van der Waals surface area contributed by atoms with Gasteiger partial charge in [-0.3, -0.25) is 47.9 Å². The fourth-order valence-electron chi connectivity index (χ4n) is 6.86. The second kappa shape index (κ2) is 27.7. The molecular weight excluding hydrogens is 936 g/mol. The van der Waals surface area contributed by atoms with Crippen molar-refractivity contribution in [1.82, 2.24) is 0 Å². The molecule has 382 valence electrons. The van der Waals surface area contributed by atoms with Crippen molar-refractivity contribution in [3.05, 3.63) is 60.2 Å². The van der Waals surface area contributed by atoms with Gasteiger partial charge in [-0.2, -0.15) is 9.13 Å². The van der Waals surface area contributed by atoms with E-state index in [-0.39, 0.29) is 76.5 Å². The van der Waals surface area contributed by atoms with Crippen LogP contribution in [0.2, 0.25) is 0 Å². The molecular formula is C44H56N4O22+2. The molecule has 2 aliphatic heterocycles. The summed E-state index contributed by atoms with van der Waals surface area (Å²) in [4.78, 5) is 121. The van der Waals surface area contributed by atoms with Crippen LogP contribution in [0, 0.1) is 0 Å². The molecule has 0 bridgehead atoms. The van der Waals surface area contributed by atoms with Crippen molar-refractivity contribution < 1.29 is 114 Å². The van der Waals surface area contributed by atoms with Crippen molar-refractivity contribution in [3.8, 4) is 0 Å². The molecule has 0 spiro atoms. The maximum absolute atomic E-state index is 12.5. The second-order valence-electron chi connectivity index (χ2n) is 15.3. The normalized spacial score (nSPS) is 21.4. The van der Waals surface area contributed by atoms with Crippen LogP contribution in [0.25, 0.3) is 0 Å². The number of nitrogens with two attached hydrogens (primary N) is 2. The highest BCUT2D eigenvalue weighted by Gasteiger charge is 2.56. The SMILES string of the molecule is CC(=O)O[C@@H]1[C@H](OC(C)=O)[C@@H](COC(=O)CCC(=O)OCCOCCOCCOC(=O)CCC(=O)OC[C@H]2O[C@@H]([n+]3cccc(C(N)=O)c3)[C@H](OC(C)=O)[C@@H]2OC(C)=O)O[C@H]1[n+]1cccc(C(N)=O)c1. The predicted octanol–water partition coefficient (Wildman–Crippen LogP) is -1.55. The first-order chi connectivity index (χ1) is 33.3. The quantitative estimate of drug-likeness (QED) is 0.0443.